The summed E-state index contributed by atoms with van der Waals surface area (Å²) in [6.45, 7) is 10.8. The Bertz CT molecular complexity index is 1200. The summed E-state index contributed by atoms with van der Waals surface area (Å²) in [7, 11) is 0. The molecule has 1 fully saturated rings. The van der Waals surface area contributed by atoms with E-state index in [9.17, 15) is 0 Å². The van der Waals surface area contributed by atoms with Gasteiger partial charge in [0.25, 0.3) is 0 Å². The summed E-state index contributed by atoms with van der Waals surface area (Å²) in [4.78, 5) is 0. The number of nitrogens with zero attached hydrogens (tertiary/aromatic N) is 4. The summed E-state index contributed by atoms with van der Waals surface area (Å²) in [5, 5.41) is 9.95. The van der Waals surface area contributed by atoms with Crippen molar-refractivity contribution in [1.29, 1.82) is 0 Å². The predicted molar refractivity (Wildman–Crippen MR) is 137 cm³/mol. The van der Waals surface area contributed by atoms with Gasteiger partial charge in [-0.05, 0) is 76.6 Å². The quantitative estimate of drug-likeness (QED) is 0.444. The van der Waals surface area contributed by atoms with Gasteiger partial charge in [0.1, 0.15) is 0 Å². The standard InChI is InChI=1S/C26H32N4S2.Ni/c1-5-24-21-14-13-20-15-18-11-9-10-12-19(18)16-22(20)23(21)17-25-26(24,6-2)27(7-3)28(8-4)30(32)29(25)31;/h9-13,15-17,21,24H,5-8,14H2,1-4H3;/q-2;+2. The number of hydrazine groups is 3. The topological polar surface area (TPSA) is 13.0 Å². The number of allylic oxidation sites excluding steroid dienone is 1. The van der Waals surface area contributed by atoms with Gasteiger partial charge in [-0.3, -0.25) is 0 Å². The molecule has 0 radical (unpaired) electrons. The molecule has 0 spiro atoms. The molecule has 3 atom stereocenters. The Hall–Kier alpha value is -0.946. The van der Waals surface area contributed by atoms with Gasteiger partial charge < -0.3 is 34.6 Å². The van der Waals surface area contributed by atoms with Gasteiger partial charge >= 0.3 is 16.5 Å². The molecule has 2 aromatic rings. The number of benzene rings is 2. The molecule has 1 saturated heterocycles. The normalized spacial score (nSPS) is 27.9. The SMILES string of the molecule is CCC1C2CC=c3cc4ccccc4cc3=C2C=C2N([S-])N([S-])N(CC)N(CC)C21CC.[Ni+2]. The molecule has 1 aliphatic heterocycles. The van der Waals surface area contributed by atoms with E-state index in [-0.39, 0.29) is 22.0 Å². The predicted octanol–water partition coefficient (Wildman–Crippen LogP) is 3.79. The Morgan fingerprint density at radius 3 is 2.30 bits per heavy atom. The molecule has 0 amide bonds. The van der Waals surface area contributed by atoms with Crippen LogP contribution in [0, 0.1) is 11.8 Å². The van der Waals surface area contributed by atoms with Crippen LogP contribution in [0.1, 0.15) is 47.0 Å². The van der Waals surface area contributed by atoms with E-state index >= 15 is 0 Å². The van der Waals surface area contributed by atoms with Crippen LogP contribution in [-0.4, -0.2) is 37.7 Å². The number of likely N-dealkylation sites (N-methyl/N-ethyl adjacent to an activating group) is 1. The van der Waals surface area contributed by atoms with Crippen molar-refractivity contribution >= 4 is 48.1 Å². The van der Waals surface area contributed by atoms with E-state index < -0.39 is 0 Å². The maximum atomic E-state index is 5.96. The van der Waals surface area contributed by atoms with Gasteiger partial charge in [0.05, 0.1) is 5.54 Å². The fourth-order valence-electron chi connectivity index (χ4n) is 6.63. The largest absolute Gasteiger partial charge is 2.00 e. The van der Waals surface area contributed by atoms with E-state index in [1.165, 1.54) is 26.8 Å². The Balaban J connectivity index is 0.00000259. The van der Waals surface area contributed by atoms with Crippen LogP contribution in [-0.2, 0) is 42.1 Å². The molecule has 33 heavy (non-hydrogen) atoms. The second-order valence-corrected chi connectivity index (χ2v) is 9.71. The van der Waals surface area contributed by atoms with Crippen LogP contribution in [0.4, 0.5) is 0 Å². The van der Waals surface area contributed by atoms with Gasteiger partial charge in [-0.2, -0.15) is 5.12 Å². The van der Waals surface area contributed by atoms with E-state index in [0.29, 0.717) is 11.8 Å². The van der Waals surface area contributed by atoms with Crippen molar-refractivity contribution in [3.8, 4) is 0 Å². The minimum atomic E-state index is -0.146. The molecule has 3 unspecified atom stereocenters. The zero-order valence-corrected chi connectivity index (χ0v) is 22.4. The third-order valence-corrected chi connectivity index (χ3v) is 8.72. The van der Waals surface area contributed by atoms with Crippen LogP contribution >= 0.6 is 0 Å². The molecular formula is C26H32N4NiS2. The summed E-state index contributed by atoms with van der Waals surface area (Å²) in [6, 6.07) is 13.4. The molecule has 0 N–H and O–H groups in total. The second-order valence-electron chi connectivity index (χ2n) is 9.04. The summed E-state index contributed by atoms with van der Waals surface area (Å²) < 4.78 is 3.50. The van der Waals surface area contributed by atoms with Crippen LogP contribution in [0.3, 0.4) is 0 Å². The maximum Gasteiger partial charge on any atom is 2.00 e. The van der Waals surface area contributed by atoms with Gasteiger partial charge in [-0.15, -0.1) is 0 Å². The van der Waals surface area contributed by atoms with E-state index in [0.717, 1.165) is 38.0 Å². The second kappa shape index (κ2) is 9.60. The minimum absolute atomic E-state index is 0. The zero-order valence-electron chi connectivity index (χ0n) is 19.7. The fourth-order valence-corrected chi connectivity index (χ4v) is 7.22. The van der Waals surface area contributed by atoms with Gasteiger partial charge in [-0.25, -0.2) is 5.01 Å². The van der Waals surface area contributed by atoms with Gasteiger partial charge in [0, 0.05) is 18.8 Å². The van der Waals surface area contributed by atoms with E-state index in [4.69, 9.17) is 25.6 Å². The van der Waals surface area contributed by atoms with Gasteiger partial charge in [0.15, 0.2) is 0 Å². The average Bonchev–Trinajstić information content (AvgIpc) is 2.83. The van der Waals surface area contributed by atoms with Crippen molar-refractivity contribution in [2.45, 2.75) is 52.5 Å². The first-order valence-electron chi connectivity index (χ1n) is 12.0. The third kappa shape index (κ3) is 3.54. The number of hydrogen-bond donors (Lipinski definition) is 0. The van der Waals surface area contributed by atoms with Gasteiger partial charge in [0.2, 0.25) is 0 Å². The molecule has 4 nitrogen and oxygen atoms in total. The van der Waals surface area contributed by atoms with Crippen LogP contribution in [0.25, 0.3) is 22.4 Å². The molecule has 0 saturated carbocycles. The summed E-state index contributed by atoms with van der Waals surface area (Å²) >= 11 is 11.7. The molecule has 0 aromatic heterocycles. The van der Waals surface area contributed by atoms with Crippen LogP contribution in [0.15, 0.2) is 48.2 Å². The first-order valence-corrected chi connectivity index (χ1v) is 12.7. The van der Waals surface area contributed by atoms with Crippen LogP contribution in [0.2, 0.25) is 0 Å². The molecule has 2 aromatic carbocycles. The van der Waals surface area contributed by atoms with Crippen molar-refractivity contribution in [2.75, 3.05) is 13.1 Å². The van der Waals surface area contributed by atoms with Crippen molar-refractivity contribution in [1.82, 2.24) is 19.1 Å². The molecule has 178 valence electrons. The Labute approximate surface area is 218 Å². The summed E-state index contributed by atoms with van der Waals surface area (Å²) in [6.07, 6.45) is 8.03. The fraction of sp³-hybridized carbons (Fsp3) is 0.462. The molecular weight excluding hydrogens is 491 g/mol. The van der Waals surface area contributed by atoms with Crippen LogP contribution < -0.4 is 10.4 Å². The molecule has 7 heteroatoms. The Morgan fingerprint density at radius 1 is 1.00 bits per heavy atom. The monoisotopic (exact) mass is 522 g/mol. The van der Waals surface area contributed by atoms with E-state index in [1.54, 1.807) is 8.94 Å². The Morgan fingerprint density at radius 2 is 1.70 bits per heavy atom. The number of hydrogen-bond acceptors (Lipinski definition) is 6. The average molecular weight is 523 g/mol. The molecule has 5 rings (SSSR count). The van der Waals surface area contributed by atoms with Crippen molar-refractivity contribution in [2.24, 2.45) is 11.8 Å². The Kier molecular flexibility index (Phi) is 7.32. The molecule has 1 heterocycles. The molecule has 0 bridgehead atoms. The number of rotatable bonds is 4. The first kappa shape index (κ1) is 25.2. The van der Waals surface area contributed by atoms with E-state index in [1.807, 2.05) is 0 Å². The van der Waals surface area contributed by atoms with Crippen LogP contribution in [0.5, 0.6) is 0 Å². The van der Waals surface area contributed by atoms with Crippen molar-refractivity contribution in [3.05, 3.63) is 58.6 Å². The third-order valence-electron chi connectivity index (χ3n) is 7.91. The van der Waals surface area contributed by atoms with Crippen molar-refractivity contribution in [3.63, 3.8) is 0 Å². The van der Waals surface area contributed by atoms with Gasteiger partial charge in [-0.1, -0.05) is 57.5 Å². The first-order chi connectivity index (χ1) is 15.5. The summed E-state index contributed by atoms with van der Waals surface area (Å²) in [5.74, 6) is 0.937. The smallest absolute Gasteiger partial charge is 0.659 e. The van der Waals surface area contributed by atoms with E-state index in [2.05, 4.69) is 86.4 Å². The van der Waals surface area contributed by atoms with Crippen molar-refractivity contribution < 1.29 is 16.5 Å². The maximum absolute atomic E-state index is 5.96. The zero-order chi connectivity index (χ0) is 22.6. The summed E-state index contributed by atoms with van der Waals surface area (Å²) in [5.41, 5.74) is 2.45. The minimum Gasteiger partial charge on any atom is -0.659 e. The molecule has 3 aliphatic rings. The molecule has 2 aliphatic carbocycles. The number of fused-ring (bicyclic) bond motifs is 4.